The lowest BCUT2D eigenvalue weighted by molar-refractivity contribution is -0.143. The van der Waals surface area contributed by atoms with Gasteiger partial charge in [-0.15, -0.1) is 0 Å². The molecule has 4 fully saturated rings. The molecule has 0 amide bonds. The van der Waals surface area contributed by atoms with Gasteiger partial charge < -0.3 is 4.74 Å². The molecule has 0 heterocycles. The number of Topliss-reactive ketones (excluding diaryl/α,β-unsaturated/α-hetero) is 1. The number of ether oxygens (including phenoxy) is 1. The molecular weight excluding hydrogens is 348 g/mol. The van der Waals surface area contributed by atoms with Crippen molar-refractivity contribution in [2.45, 2.75) is 91.4 Å². The maximum absolute atomic E-state index is 12.0. The summed E-state index contributed by atoms with van der Waals surface area (Å²) in [6.45, 7) is 7.30. The van der Waals surface area contributed by atoms with Crippen LogP contribution in [-0.2, 0) is 14.3 Å². The van der Waals surface area contributed by atoms with Crippen LogP contribution >= 0.6 is 0 Å². The Hall–Kier alpha value is -0.860. The molecular formula is C25H40O3. The monoisotopic (exact) mass is 388 g/mol. The van der Waals surface area contributed by atoms with Crippen molar-refractivity contribution in [2.24, 2.45) is 46.8 Å². The average molecular weight is 389 g/mol. The van der Waals surface area contributed by atoms with Gasteiger partial charge in [-0.1, -0.05) is 13.8 Å². The highest BCUT2D eigenvalue weighted by molar-refractivity contribution is 5.79. The fourth-order valence-corrected chi connectivity index (χ4v) is 8.24. The van der Waals surface area contributed by atoms with Gasteiger partial charge in [0.05, 0.1) is 6.61 Å². The Morgan fingerprint density at radius 2 is 1.86 bits per heavy atom. The third-order valence-corrected chi connectivity index (χ3v) is 9.70. The van der Waals surface area contributed by atoms with Gasteiger partial charge in [0, 0.05) is 19.3 Å². The summed E-state index contributed by atoms with van der Waals surface area (Å²) in [6, 6.07) is 0. The van der Waals surface area contributed by atoms with E-state index in [1.807, 2.05) is 6.92 Å². The van der Waals surface area contributed by atoms with Gasteiger partial charge in [0.25, 0.3) is 0 Å². The van der Waals surface area contributed by atoms with Crippen LogP contribution in [-0.4, -0.2) is 18.4 Å². The lowest BCUT2D eigenvalue weighted by atomic mass is 9.47. The second kappa shape index (κ2) is 8.11. The molecule has 4 aliphatic carbocycles. The minimum Gasteiger partial charge on any atom is -0.466 e. The Balaban J connectivity index is 1.40. The van der Waals surface area contributed by atoms with Gasteiger partial charge in [-0.05, 0) is 105 Å². The second-order valence-electron chi connectivity index (χ2n) is 10.8. The van der Waals surface area contributed by atoms with Crippen molar-refractivity contribution in [1.82, 2.24) is 0 Å². The number of rotatable bonds is 5. The Morgan fingerprint density at radius 3 is 2.64 bits per heavy atom. The van der Waals surface area contributed by atoms with Crippen molar-refractivity contribution in [2.75, 3.05) is 6.61 Å². The van der Waals surface area contributed by atoms with Crippen LogP contribution in [0.5, 0.6) is 0 Å². The molecule has 0 aromatic carbocycles. The van der Waals surface area contributed by atoms with Crippen LogP contribution in [0, 0.1) is 46.8 Å². The quantitative estimate of drug-likeness (QED) is 0.559. The highest BCUT2D eigenvalue weighted by Gasteiger charge is 2.56. The summed E-state index contributed by atoms with van der Waals surface area (Å²) in [5.74, 6) is 6.13. The summed E-state index contributed by atoms with van der Waals surface area (Å²) in [5, 5.41) is 0. The zero-order valence-electron chi connectivity index (χ0n) is 18.3. The summed E-state index contributed by atoms with van der Waals surface area (Å²) in [7, 11) is 0. The zero-order chi connectivity index (χ0) is 19.9. The Morgan fingerprint density at radius 1 is 1.11 bits per heavy atom. The van der Waals surface area contributed by atoms with E-state index >= 15 is 0 Å². The summed E-state index contributed by atoms with van der Waals surface area (Å²) in [6.07, 6.45) is 12.6. The van der Waals surface area contributed by atoms with Gasteiger partial charge in [0.15, 0.2) is 0 Å². The first-order valence-corrected chi connectivity index (χ1v) is 12.1. The number of ketones is 1. The van der Waals surface area contributed by atoms with Crippen LogP contribution in [0.3, 0.4) is 0 Å². The second-order valence-corrected chi connectivity index (χ2v) is 10.8. The topological polar surface area (TPSA) is 43.4 Å². The van der Waals surface area contributed by atoms with E-state index in [1.54, 1.807) is 0 Å². The van der Waals surface area contributed by atoms with Gasteiger partial charge in [-0.25, -0.2) is 0 Å². The van der Waals surface area contributed by atoms with E-state index in [4.69, 9.17) is 4.74 Å². The predicted molar refractivity (Wildman–Crippen MR) is 111 cm³/mol. The number of fused-ring (bicyclic) bond motifs is 5. The molecule has 0 aromatic rings. The Bertz CT molecular complexity index is 599. The van der Waals surface area contributed by atoms with E-state index in [-0.39, 0.29) is 5.97 Å². The van der Waals surface area contributed by atoms with Gasteiger partial charge >= 0.3 is 5.97 Å². The van der Waals surface area contributed by atoms with Crippen molar-refractivity contribution in [3.05, 3.63) is 0 Å². The molecule has 4 unspecified atom stereocenters. The van der Waals surface area contributed by atoms with Crippen LogP contribution in [0.4, 0.5) is 0 Å². The molecule has 28 heavy (non-hydrogen) atoms. The largest absolute Gasteiger partial charge is 0.466 e. The number of carbonyl (C=O) groups is 2. The van der Waals surface area contributed by atoms with Crippen molar-refractivity contribution in [1.29, 1.82) is 0 Å². The molecule has 4 rings (SSSR count). The fraction of sp³-hybridized carbons (Fsp3) is 0.920. The number of carbonyl (C=O) groups excluding carboxylic acids is 2. The van der Waals surface area contributed by atoms with Gasteiger partial charge in [0.1, 0.15) is 5.78 Å². The minimum atomic E-state index is -0.0225. The molecule has 4 aliphatic rings. The first-order valence-electron chi connectivity index (χ1n) is 12.1. The van der Waals surface area contributed by atoms with E-state index < -0.39 is 0 Å². The normalized spacial score (nSPS) is 43.6. The lowest BCUT2D eigenvalue weighted by Gasteiger charge is -2.58. The van der Waals surface area contributed by atoms with Crippen LogP contribution in [0.25, 0.3) is 0 Å². The molecule has 0 radical (unpaired) electrons. The highest BCUT2D eigenvalue weighted by atomic mass is 16.5. The molecule has 8 atom stereocenters. The van der Waals surface area contributed by atoms with Crippen LogP contribution < -0.4 is 0 Å². The molecule has 0 bridgehead atoms. The van der Waals surface area contributed by atoms with Crippen LogP contribution in [0.2, 0.25) is 0 Å². The van der Waals surface area contributed by atoms with Crippen LogP contribution in [0.1, 0.15) is 91.4 Å². The molecule has 3 nitrogen and oxygen atoms in total. The van der Waals surface area contributed by atoms with Crippen molar-refractivity contribution in [3.8, 4) is 0 Å². The molecule has 0 spiro atoms. The van der Waals surface area contributed by atoms with Gasteiger partial charge in [-0.2, -0.15) is 0 Å². The Labute approximate surface area is 171 Å². The van der Waals surface area contributed by atoms with Gasteiger partial charge in [0.2, 0.25) is 0 Å². The molecule has 3 heteroatoms. The molecule has 4 saturated carbocycles. The summed E-state index contributed by atoms with van der Waals surface area (Å²) in [4.78, 5) is 23.8. The van der Waals surface area contributed by atoms with Crippen molar-refractivity contribution >= 4 is 11.8 Å². The summed E-state index contributed by atoms with van der Waals surface area (Å²) >= 11 is 0. The molecule has 0 aromatic heterocycles. The highest BCUT2D eigenvalue weighted by Crippen LogP contribution is 2.64. The first-order chi connectivity index (χ1) is 13.4. The average Bonchev–Trinajstić information content (AvgIpc) is 3.11. The first kappa shape index (κ1) is 20.4. The standard InChI is InChI=1S/C25H40O3/c1-4-28-24(27)12-5-16(2)19-8-9-21-20(19)10-11-23-22(21)7-6-17-15-18(26)13-14-25(17,23)3/h16-17,19-23H,4-15H2,1-3H3/t16-,17-,19-,20?,21?,22?,23?,25+/m1/s1. The van der Waals surface area contributed by atoms with E-state index in [0.717, 1.165) is 55.3 Å². The maximum atomic E-state index is 12.0. The third kappa shape index (κ3) is 3.56. The number of hydrogen-bond acceptors (Lipinski definition) is 3. The predicted octanol–water partition coefficient (Wildman–Crippen LogP) is 5.80. The van der Waals surface area contributed by atoms with E-state index in [0.29, 0.717) is 36.1 Å². The number of hydrogen-bond donors (Lipinski definition) is 0. The van der Waals surface area contributed by atoms with Crippen molar-refractivity contribution < 1.29 is 14.3 Å². The van der Waals surface area contributed by atoms with Crippen LogP contribution in [0.15, 0.2) is 0 Å². The molecule has 0 saturated heterocycles. The number of esters is 1. The van der Waals surface area contributed by atoms with E-state index in [1.165, 1.54) is 38.5 Å². The smallest absolute Gasteiger partial charge is 0.305 e. The third-order valence-electron chi connectivity index (χ3n) is 9.70. The van der Waals surface area contributed by atoms with E-state index in [2.05, 4.69) is 13.8 Å². The van der Waals surface area contributed by atoms with E-state index in [9.17, 15) is 9.59 Å². The SMILES string of the molecule is CCOC(=O)CC[C@@H](C)[C@H]1CCC2C3CC[C@@H]4CC(=O)CC[C@]4(C)C3CCC21. The summed E-state index contributed by atoms with van der Waals surface area (Å²) < 4.78 is 5.14. The zero-order valence-corrected chi connectivity index (χ0v) is 18.3. The molecule has 0 N–H and O–H groups in total. The minimum absolute atomic E-state index is 0.0225. The fourth-order valence-electron chi connectivity index (χ4n) is 8.24. The summed E-state index contributed by atoms with van der Waals surface area (Å²) in [5.41, 5.74) is 0.426. The van der Waals surface area contributed by atoms with Gasteiger partial charge in [-0.3, -0.25) is 9.59 Å². The molecule has 0 aliphatic heterocycles. The molecule has 158 valence electrons. The lowest BCUT2D eigenvalue weighted by Crippen LogP contribution is -2.51. The van der Waals surface area contributed by atoms with Crippen molar-refractivity contribution in [3.63, 3.8) is 0 Å². The Kier molecular flexibility index (Phi) is 5.91. The maximum Gasteiger partial charge on any atom is 0.305 e.